The molecule has 0 aromatic carbocycles. The van der Waals surface area contributed by atoms with Crippen LogP contribution >= 0.6 is 11.3 Å². The van der Waals surface area contributed by atoms with Crippen LogP contribution < -0.4 is 5.32 Å². The van der Waals surface area contributed by atoms with Gasteiger partial charge in [0.1, 0.15) is 4.88 Å². The molecule has 0 bridgehead atoms. The number of rotatable bonds is 4. The normalized spacial score (nSPS) is 19.5. The number of carbonyl (C=O) groups is 2. The van der Waals surface area contributed by atoms with Gasteiger partial charge in [0, 0.05) is 19.4 Å². The molecule has 2 rings (SSSR count). The lowest BCUT2D eigenvalue weighted by Gasteiger charge is -2.05. The van der Waals surface area contributed by atoms with E-state index in [1.165, 1.54) is 18.3 Å². The third kappa shape index (κ3) is 2.70. The minimum Gasteiger partial charge on any atom is -0.476 e. The Morgan fingerprint density at radius 1 is 1.59 bits per heavy atom. The molecule has 0 amide bonds. The van der Waals surface area contributed by atoms with Crippen LogP contribution in [-0.4, -0.2) is 34.4 Å². The highest BCUT2D eigenvalue weighted by Gasteiger charge is 2.23. The minimum absolute atomic E-state index is 0.101. The van der Waals surface area contributed by atoms with Crippen molar-refractivity contribution in [2.75, 3.05) is 6.54 Å². The largest absolute Gasteiger partial charge is 0.476 e. The fourth-order valence-electron chi connectivity index (χ4n) is 1.98. The van der Waals surface area contributed by atoms with Gasteiger partial charge in [-0.3, -0.25) is 4.79 Å². The summed E-state index contributed by atoms with van der Waals surface area (Å²) in [5, 5.41) is 13.0. The number of nitrogens with zero attached hydrogens (tertiary/aromatic N) is 1. The topological polar surface area (TPSA) is 79.3 Å². The number of carbonyl (C=O) groups excluding carboxylic acids is 1. The van der Waals surface area contributed by atoms with Gasteiger partial charge in [-0.15, -0.1) is 11.3 Å². The number of thiazole rings is 1. The molecule has 1 aromatic rings. The van der Waals surface area contributed by atoms with Gasteiger partial charge in [0.2, 0.25) is 0 Å². The maximum Gasteiger partial charge on any atom is 0.356 e. The molecular formula is C11H14N2O3S. The number of ketones is 1. The lowest BCUT2D eigenvalue weighted by atomic mass is 10.2. The Kier molecular flexibility index (Phi) is 3.54. The van der Waals surface area contributed by atoms with Crippen molar-refractivity contribution in [2.45, 2.75) is 32.2 Å². The fraction of sp³-hybridized carbons (Fsp3) is 0.545. The number of carboxylic acids is 1. The number of hydrogen-bond acceptors (Lipinski definition) is 5. The first-order valence-electron chi connectivity index (χ1n) is 5.55. The van der Waals surface area contributed by atoms with Gasteiger partial charge in [0.05, 0.1) is 5.01 Å². The Labute approximate surface area is 103 Å². The molecule has 0 radical (unpaired) electrons. The van der Waals surface area contributed by atoms with Gasteiger partial charge < -0.3 is 10.4 Å². The van der Waals surface area contributed by atoms with Crippen LogP contribution in [0.15, 0.2) is 0 Å². The molecule has 1 atom stereocenters. The van der Waals surface area contributed by atoms with Crippen molar-refractivity contribution in [2.24, 2.45) is 0 Å². The lowest BCUT2D eigenvalue weighted by molar-refractivity contribution is 0.0686. The van der Waals surface area contributed by atoms with Gasteiger partial charge in [-0.05, 0) is 19.4 Å². The van der Waals surface area contributed by atoms with Crippen LogP contribution in [0.5, 0.6) is 0 Å². The highest BCUT2D eigenvalue weighted by molar-refractivity contribution is 7.14. The molecule has 1 unspecified atom stereocenters. The van der Waals surface area contributed by atoms with Gasteiger partial charge >= 0.3 is 5.97 Å². The van der Waals surface area contributed by atoms with Crippen molar-refractivity contribution in [3.8, 4) is 0 Å². The monoisotopic (exact) mass is 254 g/mol. The summed E-state index contributed by atoms with van der Waals surface area (Å²) >= 11 is 1.20. The van der Waals surface area contributed by atoms with E-state index in [-0.39, 0.29) is 16.4 Å². The number of Topliss-reactive ketones (excluding diaryl/α,β-unsaturated/α-hetero) is 1. The summed E-state index contributed by atoms with van der Waals surface area (Å²) in [7, 11) is 0. The third-order valence-electron chi connectivity index (χ3n) is 2.78. The quantitative estimate of drug-likeness (QED) is 0.793. The van der Waals surface area contributed by atoms with Crippen LogP contribution in [0.3, 0.4) is 0 Å². The molecule has 6 heteroatoms. The van der Waals surface area contributed by atoms with Crippen LogP contribution in [0.4, 0.5) is 0 Å². The van der Waals surface area contributed by atoms with Crippen molar-refractivity contribution < 1.29 is 14.7 Å². The second kappa shape index (κ2) is 4.93. The summed E-state index contributed by atoms with van der Waals surface area (Å²) in [6, 6.07) is 0.364. The molecule has 92 valence electrons. The van der Waals surface area contributed by atoms with E-state index in [0.717, 1.165) is 24.4 Å². The fourth-order valence-corrected chi connectivity index (χ4v) is 3.01. The van der Waals surface area contributed by atoms with Crippen molar-refractivity contribution in [3.63, 3.8) is 0 Å². The SMILES string of the molecule is CC(=O)c1sc(CC2CCCN2)nc1C(=O)O. The lowest BCUT2D eigenvalue weighted by Crippen LogP contribution is -2.23. The predicted molar refractivity (Wildman–Crippen MR) is 63.8 cm³/mol. The number of nitrogens with one attached hydrogen (secondary N) is 1. The van der Waals surface area contributed by atoms with Crippen LogP contribution in [0.1, 0.15) is 44.9 Å². The molecule has 0 spiro atoms. The second-order valence-electron chi connectivity index (χ2n) is 4.14. The summed E-state index contributed by atoms with van der Waals surface area (Å²) in [5.41, 5.74) is -0.101. The second-order valence-corrected chi connectivity index (χ2v) is 5.23. The molecule has 5 nitrogen and oxygen atoms in total. The third-order valence-corrected chi connectivity index (χ3v) is 3.96. The molecule has 2 N–H and O–H groups in total. The molecule has 1 aliphatic heterocycles. The van der Waals surface area contributed by atoms with E-state index in [9.17, 15) is 9.59 Å². The smallest absolute Gasteiger partial charge is 0.356 e. The van der Waals surface area contributed by atoms with Crippen LogP contribution in [0, 0.1) is 0 Å². The van der Waals surface area contributed by atoms with E-state index in [1.807, 2.05) is 0 Å². The summed E-state index contributed by atoms with van der Waals surface area (Å²) in [6.07, 6.45) is 2.93. The Morgan fingerprint density at radius 2 is 2.35 bits per heavy atom. The summed E-state index contributed by atoms with van der Waals surface area (Å²) < 4.78 is 0. The van der Waals surface area contributed by atoms with E-state index in [1.54, 1.807) is 0 Å². The minimum atomic E-state index is -1.13. The summed E-state index contributed by atoms with van der Waals surface area (Å²) in [5.74, 6) is -1.36. The molecule has 2 heterocycles. The van der Waals surface area contributed by atoms with Crippen molar-refractivity contribution in [1.29, 1.82) is 0 Å². The summed E-state index contributed by atoms with van der Waals surface area (Å²) in [4.78, 5) is 26.6. The number of hydrogen-bond donors (Lipinski definition) is 2. The zero-order chi connectivity index (χ0) is 12.4. The predicted octanol–water partition coefficient (Wildman–Crippen LogP) is 1.34. The Morgan fingerprint density at radius 3 is 2.82 bits per heavy atom. The standard InChI is InChI=1S/C11H14N2O3S/c1-6(14)10-9(11(15)16)13-8(17-10)5-7-3-2-4-12-7/h7,12H,2-5H2,1H3,(H,15,16). The molecule has 0 aliphatic carbocycles. The zero-order valence-corrected chi connectivity index (χ0v) is 10.3. The first-order valence-corrected chi connectivity index (χ1v) is 6.37. The highest BCUT2D eigenvalue weighted by atomic mass is 32.1. The Hall–Kier alpha value is -1.27. The van der Waals surface area contributed by atoms with E-state index >= 15 is 0 Å². The first kappa shape index (κ1) is 12.2. The number of aromatic carboxylic acids is 1. The van der Waals surface area contributed by atoms with Crippen molar-refractivity contribution in [3.05, 3.63) is 15.6 Å². The first-order chi connectivity index (χ1) is 8.08. The van der Waals surface area contributed by atoms with Gasteiger partial charge in [-0.25, -0.2) is 9.78 Å². The van der Waals surface area contributed by atoms with Gasteiger partial charge in [-0.2, -0.15) is 0 Å². The van der Waals surface area contributed by atoms with Crippen LogP contribution in [0.25, 0.3) is 0 Å². The van der Waals surface area contributed by atoms with Crippen molar-refractivity contribution in [1.82, 2.24) is 10.3 Å². The Bertz CT molecular complexity index is 418. The average molecular weight is 254 g/mol. The maximum absolute atomic E-state index is 11.3. The van der Waals surface area contributed by atoms with Gasteiger partial charge in [0.25, 0.3) is 0 Å². The average Bonchev–Trinajstić information content (AvgIpc) is 2.86. The number of aromatic nitrogens is 1. The van der Waals surface area contributed by atoms with Crippen LogP contribution in [-0.2, 0) is 6.42 Å². The van der Waals surface area contributed by atoms with E-state index in [4.69, 9.17) is 5.11 Å². The molecule has 1 aromatic heterocycles. The van der Waals surface area contributed by atoms with Gasteiger partial charge in [-0.1, -0.05) is 0 Å². The number of carboxylic acid groups (broad SMARTS) is 1. The molecule has 0 saturated carbocycles. The molecular weight excluding hydrogens is 240 g/mol. The highest BCUT2D eigenvalue weighted by Crippen LogP contribution is 2.22. The summed E-state index contributed by atoms with van der Waals surface area (Å²) in [6.45, 7) is 2.37. The molecule has 17 heavy (non-hydrogen) atoms. The van der Waals surface area contributed by atoms with E-state index in [2.05, 4.69) is 10.3 Å². The Balaban J connectivity index is 2.20. The molecule has 1 saturated heterocycles. The van der Waals surface area contributed by atoms with Crippen molar-refractivity contribution >= 4 is 23.1 Å². The molecule has 1 fully saturated rings. The van der Waals surface area contributed by atoms with Gasteiger partial charge in [0.15, 0.2) is 11.5 Å². The van der Waals surface area contributed by atoms with E-state index in [0.29, 0.717) is 12.5 Å². The van der Waals surface area contributed by atoms with E-state index < -0.39 is 5.97 Å². The van der Waals surface area contributed by atoms with Crippen LogP contribution in [0.2, 0.25) is 0 Å². The maximum atomic E-state index is 11.3. The molecule has 1 aliphatic rings. The zero-order valence-electron chi connectivity index (χ0n) is 9.52.